The standard InChI is InChI=1S/C21H16N2O3/c1-25-18-9-13-8-17-20-14(7-12-5-3-4-6-16(12)22-20)11-23(17)21(24)15(13)10-19(18)26-2/h3-10H,11H2,1-2H3. The summed E-state index contributed by atoms with van der Waals surface area (Å²) in [5.41, 5.74) is 3.67. The average molecular weight is 344 g/mol. The molecule has 5 rings (SSSR count). The van der Waals surface area contributed by atoms with Crippen molar-refractivity contribution in [1.29, 1.82) is 0 Å². The lowest BCUT2D eigenvalue weighted by Crippen LogP contribution is -2.19. The van der Waals surface area contributed by atoms with Crippen LogP contribution in [0.2, 0.25) is 0 Å². The van der Waals surface area contributed by atoms with Crippen LogP contribution < -0.4 is 15.0 Å². The van der Waals surface area contributed by atoms with Crippen LogP contribution in [0.15, 0.2) is 53.3 Å². The number of benzene rings is 2. The highest BCUT2D eigenvalue weighted by Crippen LogP contribution is 2.36. The Kier molecular flexibility index (Phi) is 3.06. The minimum Gasteiger partial charge on any atom is -0.493 e. The van der Waals surface area contributed by atoms with Gasteiger partial charge < -0.3 is 14.0 Å². The summed E-state index contributed by atoms with van der Waals surface area (Å²) < 4.78 is 12.5. The first-order chi connectivity index (χ1) is 12.7. The van der Waals surface area contributed by atoms with Crippen LogP contribution in [0.1, 0.15) is 5.56 Å². The highest BCUT2D eigenvalue weighted by atomic mass is 16.5. The minimum absolute atomic E-state index is 0.0412. The molecule has 4 aromatic rings. The van der Waals surface area contributed by atoms with Crippen molar-refractivity contribution in [3.8, 4) is 22.9 Å². The van der Waals surface area contributed by atoms with E-state index in [0.717, 1.165) is 33.2 Å². The third-order valence-electron chi connectivity index (χ3n) is 4.99. The molecule has 2 aromatic heterocycles. The molecule has 0 amide bonds. The van der Waals surface area contributed by atoms with Gasteiger partial charge in [-0.05, 0) is 35.7 Å². The fourth-order valence-corrected chi connectivity index (χ4v) is 3.70. The van der Waals surface area contributed by atoms with Crippen LogP contribution in [-0.2, 0) is 6.54 Å². The molecule has 5 heteroatoms. The number of pyridine rings is 2. The second-order valence-corrected chi connectivity index (χ2v) is 6.40. The molecule has 0 aliphatic carbocycles. The number of rotatable bonds is 2. The van der Waals surface area contributed by atoms with E-state index in [1.807, 2.05) is 36.4 Å². The van der Waals surface area contributed by atoms with Crippen molar-refractivity contribution in [2.24, 2.45) is 0 Å². The van der Waals surface area contributed by atoms with Gasteiger partial charge >= 0.3 is 0 Å². The molecule has 5 nitrogen and oxygen atoms in total. The van der Waals surface area contributed by atoms with E-state index in [9.17, 15) is 4.79 Å². The molecule has 0 spiro atoms. The summed E-state index contributed by atoms with van der Waals surface area (Å²) in [6.45, 7) is 0.533. The molecule has 2 aromatic carbocycles. The van der Waals surface area contributed by atoms with Gasteiger partial charge in [0.25, 0.3) is 5.56 Å². The largest absolute Gasteiger partial charge is 0.493 e. The van der Waals surface area contributed by atoms with Gasteiger partial charge in [0.05, 0.1) is 43.1 Å². The summed E-state index contributed by atoms with van der Waals surface area (Å²) in [6.07, 6.45) is 0. The summed E-state index contributed by atoms with van der Waals surface area (Å²) >= 11 is 0. The van der Waals surface area contributed by atoms with Crippen LogP contribution in [0.4, 0.5) is 0 Å². The summed E-state index contributed by atoms with van der Waals surface area (Å²) in [5.74, 6) is 1.16. The van der Waals surface area contributed by atoms with E-state index in [2.05, 4.69) is 6.07 Å². The van der Waals surface area contributed by atoms with Gasteiger partial charge in [-0.2, -0.15) is 0 Å². The number of hydrogen-bond donors (Lipinski definition) is 0. The molecule has 26 heavy (non-hydrogen) atoms. The van der Waals surface area contributed by atoms with Gasteiger partial charge in [0.1, 0.15) is 0 Å². The van der Waals surface area contributed by atoms with Crippen LogP contribution in [0, 0.1) is 0 Å². The number of ether oxygens (including phenoxy) is 2. The minimum atomic E-state index is -0.0412. The maximum absolute atomic E-state index is 13.1. The van der Waals surface area contributed by atoms with Crippen LogP contribution >= 0.6 is 0 Å². The normalized spacial score (nSPS) is 12.2. The quantitative estimate of drug-likeness (QED) is 0.491. The van der Waals surface area contributed by atoms with Crippen LogP contribution in [0.25, 0.3) is 33.1 Å². The first-order valence-electron chi connectivity index (χ1n) is 8.38. The van der Waals surface area contributed by atoms with E-state index < -0.39 is 0 Å². The lowest BCUT2D eigenvalue weighted by molar-refractivity contribution is 0.356. The van der Waals surface area contributed by atoms with Crippen molar-refractivity contribution < 1.29 is 9.47 Å². The molecule has 0 saturated carbocycles. The predicted molar refractivity (Wildman–Crippen MR) is 101 cm³/mol. The van der Waals surface area contributed by atoms with Crippen LogP contribution in [0.3, 0.4) is 0 Å². The Morgan fingerprint density at radius 1 is 0.962 bits per heavy atom. The SMILES string of the molecule is COc1cc2cc3n(c(=O)c2cc1OC)Cc1cc2ccccc2nc1-3. The van der Waals surface area contributed by atoms with E-state index in [1.54, 1.807) is 24.9 Å². The number of nitrogens with zero attached hydrogens (tertiary/aromatic N) is 2. The van der Waals surface area contributed by atoms with E-state index in [-0.39, 0.29) is 5.56 Å². The Hall–Kier alpha value is -3.34. The third-order valence-corrected chi connectivity index (χ3v) is 4.99. The predicted octanol–water partition coefficient (Wildman–Crippen LogP) is 3.60. The van der Waals surface area contributed by atoms with Gasteiger partial charge in [-0.1, -0.05) is 18.2 Å². The van der Waals surface area contributed by atoms with Gasteiger partial charge in [0.2, 0.25) is 0 Å². The highest BCUT2D eigenvalue weighted by molar-refractivity contribution is 5.90. The number of methoxy groups -OCH3 is 2. The lowest BCUT2D eigenvalue weighted by atomic mass is 10.1. The fraction of sp³-hybridized carbons (Fsp3) is 0.143. The van der Waals surface area contributed by atoms with E-state index >= 15 is 0 Å². The number of para-hydroxylation sites is 1. The van der Waals surface area contributed by atoms with Crippen molar-refractivity contribution in [3.05, 3.63) is 64.4 Å². The van der Waals surface area contributed by atoms with E-state index in [1.165, 1.54) is 0 Å². The number of aromatic nitrogens is 2. The van der Waals surface area contributed by atoms with Gasteiger partial charge in [-0.15, -0.1) is 0 Å². The van der Waals surface area contributed by atoms with Crippen molar-refractivity contribution in [1.82, 2.24) is 9.55 Å². The molecule has 0 saturated heterocycles. The zero-order valence-electron chi connectivity index (χ0n) is 14.4. The van der Waals surface area contributed by atoms with Gasteiger partial charge in [0.15, 0.2) is 11.5 Å². The van der Waals surface area contributed by atoms with Gasteiger partial charge in [-0.3, -0.25) is 4.79 Å². The average Bonchev–Trinajstić information content (AvgIpc) is 3.03. The Bertz CT molecular complexity index is 1260. The Labute approximate surface area is 149 Å². The molecule has 128 valence electrons. The molecule has 1 aliphatic heterocycles. The smallest absolute Gasteiger partial charge is 0.259 e. The Morgan fingerprint density at radius 3 is 2.54 bits per heavy atom. The number of hydrogen-bond acceptors (Lipinski definition) is 4. The van der Waals surface area contributed by atoms with Crippen LogP contribution in [-0.4, -0.2) is 23.8 Å². The first kappa shape index (κ1) is 15.0. The maximum atomic E-state index is 13.1. The third kappa shape index (κ3) is 1.97. The monoisotopic (exact) mass is 344 g/mol. The van der Waals surface area contributed by atoms with E-state index in [0.29, 0.717) is 23.4 Å². The molecule has 0 unspecified atom stereocenters. The van der Waals surface area contributed by atoms with Crippen molar-refractivity contribution in [2.75, 3.05) is 14.2 Å². The molecule has 0 atom stereocenters. The summed E-state index contributed by atoms with van der Waals surface area (Å²) in [7, 11) is 3.16. The van der Waals surface area contributed by atoms with Gasteiger partial charge in [-0.25, -0.2) is 4.98 Å². The molecular weight excluding hydrogens is 328 g/mol. The second kappa shape index (κ2) is 5.33. The fourth-order valence-electron chi connectivity index (χ4n) is 3.70. The lowest BCUT2D eigenvalue weighted by Gasteiger charge is -2.11. The molecule has 0 bridgehead atoms. The molecule has 0 N–H and O–H groups in total. The molecular formula is C21H16N2O3. The summed E-state index contributed by atoms with van der Waals surface area (Å²) in [6, 6.07) is 15.7. The summed E-state index contributed by atoms with van der Waals surface area (Å²) in [5, 5.41) is 2.52. The second-order valence-electron chi connectivity index (χ2n) is 6.40. The van der Waals surface area contributed by atoms with Crippen molar-refractivity contribution in [3.63, 3.8) is 0 Å². The Morgan fingerprint density at radius 2 is 1.73 bits per heavy atom. The van der Waals surface area contributed by atoms with Crippen LogP contribution in [0.5, 0.6) is 11.5 Å². The van der Waals surface area contributed by atoms with E-state index in [4.69, 9.17) is 14.5 Å². The molecule has 0 fully saturated rings. The molecule has 0 radical (unpaired) electrons. The maximum Gasteiger partial charge on any atom is 0.259 e. The van der Waals surface area contributed by atoms with Crippen molar-refractivity contribution in [2.45, 2.75) is 6.54 Å². The van der Waals surface area contributed by atoms with Gasteiger partial charge in [0, 0.05) is 10.9 Å². The molecule has 1 aliphatic rings. The highest BCUT2D eigenvalue weighted by Gasteiger charge is 2.23. The molecule has 3 heterocycles. The zero-order chi connectivity index (χ0) is 17.8. The Balaban J connectivity index is 1.82. The zero-order valence-corrected chi connectivity index (χ0v) is 14.4. The van der Waals surface area contributed by atoms with Crippen molar-refractivity contribution >= 4 is 21.7 Å². The summed E-state index contributed by atoms with van der Waals surface area (Å²) in [4.78, 5) is 17.9. The first-order valence-corrected chi connectivity index (χ1v) is 8.38. The topological polar surface area (TPSA) is 53.4 Å². The number of fused-ring (bicyclic) bond motifs is 5.